The van der Waals surface area contributed by atoms with E-state index < -0.39 is 27.6 Å². The summed E-state index contributed by atoms with van der Waals surface area (Å²) in [5.41, 5.74) is -0.542. The molecule has 0 radical (unpaired) electrons. The van der Waals surface area contributed by atoms with Gasteiger partial charge in [0.1, 0.15) is 10.5 Å². The molecule has 11 heteroatoms. The van der Waals surface area contributed by atoms with Crippen LogP contribution in [0.1, 0.15) is 44.0 Å². The highest BCUT2D eigenvalue weighted by atomic mass is 35.5. The summed E-state index contributed by atoms with van der Waals surface area (Å²) in [6.45, 7) is 6.53. The van der Waals surface area contributed by atoms with Crippen LogP contribution in [0.4, 0.5) is 4.79 Å². The van der Waals surface area contributed by atoms with Gasteiger partial charge in [-0.25, -0.2) is 17.9 Å². The maximum Gasteiger partial charge on any atom is 0.410 e. The van der Waals surface area contributed by atoms with E-state index in [9.17, 15) is 18.0 Å². The maximum atomic E-state index is 13.0. The molecule has 1 aliphatic heterocycles. The van der Waals surface area contributed by atoms with Crippen LogP contribution in [0, 0.1) is 0 Å². The Balaban J connectivity index is 1.73. The number of hydrogen-bond acceptors (Lipinski definition) is 5. The SMILES string of the molecule is CC(C)(C)OC(=O)N1CCN(C(=O)c2cc(S(=O)(=O)NC3CC3)c(Cl)cc2Cl)CC1. The van der Waals surface area contributed by atoms with E-state index in [-0.39, 0.29) is 39.6 Å². The molecule has 1 aromatic rings. The molecule has 1 N–H and O–H groups in total. The summed E-state index contributed by atoms with van der Waals surface area (Å²) < 4.78 is 33.1. The van der Waals surface area contributed by atoms with Crippen molar-refractivity contribution in [2.24, 2.45) is 0 Å². The highest BCUT2D eigenvalue weighted by molar-refractivity contribution is 7.89. The molecular formula is C19H25Cl2N3O5S. The molecule has 30 heavy (non-hydrogen) atoms. The van der Waals surface area contributed by atoms with Crippen LogP contribution in [-0.4, -0.2) is 68.0 Å². The van der Waals surface area contributed by atoms with Crippen molar-refractivity contribution >= 4 is 45.2 Å². The number of sulfonamides is 1. The van der Waals surface area contributed by atoms with Crippen molar-refractivity contribution in [3.05, 3.63) is 27.7 Å². The Morgan fingerprint density at radius 3 is 2.13 bits per heavy atom. The number of nitrogens with zero attached hydrogens (tertiary/aromatic N) is 2. The first-order valence-corrected chi connectivity index (χ1v) is 11.9. The van der Waals surface area contributed by atoms with Gasteiger partial charge in [0.05, 0.1) is 15.6 Å². The number of carbonyl (C=O) groups excluding carboxylic acids is 2. The van der Waals surface area contributed by atoms with Gasteiger partial charge in [-0.2, -0.15) is 0 Å². The van der Waals surface area contributed by atoms with Gasteiger partial charge in [-0.15, -0.1) is 0 Å². The van der Waals surface area contributed by atoms with Crippen LogP contribution >= 0.6 is 23.2 Å². The second kappa shape index (κ2) is 8.53. The summed E-state index contributed by atoms with van der Waals surface area (Å²) in [6, 6.07) is 2.40. The molecule has 0 aromatic heterocycles. The summed E-state index contributed by atoms with van der Waals surface area (Å²) in [4.78, 5) is 28.1. The molecule has 8 nitrogen and oxygen atoms in total. The van der Waals surface area contributed by atoms with E-state index >= 15 is 0 Å². The van der Waals surface area contributed by atoms with Crippen molar-refractivity contribution in [1.82, 2.24) is 14.5 Å². The normalized spacial score (nSPS) is 17.8. The van der Waals surface area contributed by atoms with Gasteiger partial charge in [0.15, 0.2) is 0 Å². The highest BCUT2D eigenvalue weighted by Gasteiger charge is 2.32. The predicted octanol–water partition coefficient (Wildman–Crippen LogP) is 3.13. The summed E-state index contributed by atoms with van der Waals surface area (Å²) >= 11 is 12.3. The zero-order valence-corrected chi connectivity index (χ0v) is 19.4. The van der Waals surface area contributed by atoms with Crippen LogP contribution < -0.4 is 4.72 Å². The van der Waals surface area contributed by atoms with Crippen LogP contribution in [0.15, 0.2) is 17.0 Å². The molecular weight excluding hydrogens is 453 g/mol. The molecule has 1 saturated heterocycles. The van der Waals surface area contributed by atoms with Crippen LogP contribution in [-0.2, 0) is 14.8 Å². The Bertz CT molecular complexity index is 950. The number of nitrogens with one attached hydrogen (secondary N) is 1. The van der Waals surface area contributed by atoms with E-state index in [1.807, 2.05) is 0 Å². The Morgan fingerprint density at radius 2 is 1.60 bits per heavy atom. The second-order valence-corrected chi connectivity index (χ2v) is 10.9. The Hall–Kier alpha value is -1.55. The lowest BCUT2D eigenvalue weighted by atomic mass is 10.1. The lowest BCUT2D eigenvalue weighted by Crippen LogP contribution is -2.51. The number of amides is 2. The zero-order valence-electron chi connectivity index (χ0n) is 17.1. The minimum atomic E-state index is -3.85. The molecule has 1 aliphatic carbocycles. The first-order chi connectivity index (χ1) is 13.9. The number of halogens is 2. The monoisotopic (exact) mass is 477 g/mol. The van der Waals surface area contributed by atoms with Gasteiger partial charge in [-0.1, -0.05) is 23.2 Å². The molecule has 0 bridgehead atoms. The van der Waals surface area contributed by atoms with E-state index in [4.69, 9.17) is 27.9 Å². The Labute approximate surface area is 186 Å². The van der Waals surface area contributed by atoms with Gasteiger partial charge in [0.2, 0.25) is 10.0 Å². The van der Waals surface area contributed by atoms with Crippen molar-refractivity contribution in [2.75, 3.05) is 26.2 Å². The Kier molecular flexibility index (Phi) is 6.57. The van der Waals surface area contributed by atoms with Gasteiger partial charge >= 0.3 is 6.09 Å². The third kappa shape index (κ3) is 5.57. The summed E-state index contributed by atoms with van der Waals surface area (Å²) in [5, 5.41) is 0.0318. The number of carbonyl (C=O) groups is 2. The molecule has 3 rings (SSSR count). The van der Waals surface area contributed by atoms with Gasteiger partial charge in [-0.05, 0) is 45.7 Å². The number of benzene rings is 1. The molecule has 2 fully saturated rings. The predicted molar refractivity (Wildman–Crippen MR) is 114 cm³/mol. The van der Waals surface area contributed by atoms with Gasteiger partial charge in [0, 0.05) is 32.2 Å². The van der Waals surface area contributed by atoms with Crippen LogP contribution in [0.2, 0.25) is 10.0 Å². The number of piperazine rings is 1. The topological polar surface area (TPSA) is 96.0 Å². The summed E-state index contributed by atoms with van der Waals surface area (Å²) in [6.07, 6.45) is 1.12. The van der Waals surface area contributed by atoms with E-state index in [1.54, 1.807) is 20.8 Å². The second-order valence-electron chi connectivity index (χ2n) is 8.42. The van der Waals surface area contributed by atoms with E-state index in [0.717, 1.165) is 12.8 Å². The average molecular weight is 478 g/mol. The number of ether oxygens (including phenoxy) is 1. The Morgan fingerprint density at radius 1 is 1.03 bits per heavy atom. The van der Waals surface area contributed by atoms with Crippen molar-refractivity contribution < 1.29 is 22.7 Å². The fraction of sp³-hybridized carbons (Fsp3) is 0.579. The quantitative estimate of drug-likeness (QED) is 0.718. The molecule has 0 unspecified atom stereocenters. The fourth-order valence-corrected chi connectivity index (χ4v) is 5.13. The molecule has 2 amide bonds. The van der Waals surface area contributed by atoms with E-state index in [1.165, 1.54) is 21.9 Å². The lowest BCUT2D eigenvalue weighted by molar-refractivity contribution is 0.0141. The van der Waals surface area contributed by atoms with E-state index in [2.05, 4.69) is 4.72 Å². The zero-order chi connectivity index (χ0) is 22.3. The minimum Gasteiger partial charge on any atom is -0.444 e. The first-order valence-electron chi connectivity index (χ1n) is 9.66. The average Bonchev–Trinajstić information content (AvgIpc) is 3.43. The lowest BCUT2D eigenvalue weighted by Gasteiger charge is -2.35. The minimum absolute atomic E-state index is 0.0422. The van der Waals surface area contributed by atoms with Crippen LogP contribution in [0.25, 0.3) is 0 Å². The smallest absolute Gasteiger partial charge is 0.410 e. The molecule has 2 aliphatic rings. The summed E-state index contributed by atoms with van der Waals surface area (Å²) in [7, 11) is -3.85. The molecule has 0 atom stereocenters. The third-order valence-electron chi connectivity index (χ3n) is 4.66. The van der Waals surface area contributed by atoms with Gasteiger partial charge in [0.25, 0.3) is 5.91 Å². The summed E-state index contributed by atoms with van der Waals surface area (Å²) in [5.74, 6) is -0.414. The number of hydrogen-bond donors (Lipinski definition) is 1. The van der Waals surface area contributed by atoms with Crippen molar-refractivity contribution in [3.8, 4) is 0 Å². The van der Waals surface area contributed by atoms with Crippen molar-refractivity contribution in [3.63, 3.8) is 0 Å². The first kappa shape index (κ1) is 23.1. The van der Waals surface area contributed by atoms with Gasteiger partial charge < -0.3 is 14.5 Å². The molecule has 1 heterocycles. The largest absolute Gasteiger partial charge is 0.444 e. The number of rotatable bonds is 4. The molecule has 1 saturated carbocycles. The molecule has 166 valence electrons. The van der Waals surface area contributed by atoms with Crippen LogP contribution in [0.5, 0.6) is 0 Å². The molecule has 1 aromatic carbocycles. The molecule has 0 spiro atoms. The van der Waals surface area contributed by atoms with Crippen molar-refractivity contribution in [1.29, 1.82) is 0 Å². The van der Waals surface area contributed by atoms with Crippen molar-refractivity contribution in [2.45, 2.75) is 50.2 Å². The maximum absolute atomic E-state index is 13.0. The standard InChI is InChI=1S/C19H25Cl2N3O5S/c1-19(2,3)29-18(26)24-8-6-23(7-9-24)17(25)13-10-16(15(21)11-14(13)20)30(27,28)22-12-4-5-12/h10-12,22H,4-9H2,1-3H3. The van der Waals surface area contributed by atoms with Gasteiger partial charge in [-0.3, -0.25) is 4.79 Å². The fourth-order valence-electron chi connectivity index (χ4n) is 2.97. The third-order valence-corrected chi connectivity index (χ3v) is 6.96. The highest BCUT2D eigenvalue weighted by Crippen LogP contribution is 2.31. The van der Waals surface area contributed by atoms with E-state index in [0.29, 0.717) is 13.1 Å². The van der Waals surface area contributed by atoms with Crippen LogP contribution in [0.3, 0.4) is 0 Å².